The highest BCUT2D eigenvalue weighted by Gasteiger charge is 2.13. The van der Waals surface area contributed by atoms with E-state index in [0.717, 1.165) is 6.42 Å². The molecule has 1 aromatic heterocycles. The molecule has 1 atom stereocenters. The third kappa shape index (κ3) is 4.06. The number of aryl methyl sites for hydroxylation is 1. The summed E-state index contributed by atoms with van der Waals surface area (Å²) in [5.41, 5.74) is 0.529. The Morgan fingerprint density at radius 1 is 1.59 bits per heavy atom. The summed E-state index contributed by atoms with van der Waals surface area (Å²) < 4.78 is 1.78. The first-order valence-electron chi connectivity index (χ1n) is 5.90. The molecule has 4 nitrogen and oxygen atoms in total. The topological polar surface area (TPSA) is 54.3 Å². The summed E-state index contributed by atoms with van der Waals surface area (Å²) in [4.78, 5) is 11.8. The number of carbonyl (C=O) groups excluding carboxylic acids is 1. The second-order valence-electron chi connectivity index (χ2n) is 3.98. The molecule has 1 amide bonds. The van der Waals surface area contributed by atoms with Gasteiger partial charge in [0.25, 0.3) is 5.91 Å². The average Bonchev–Trinajstić information content (AvgIpc) is 2.68. The fourth-order valence-electron chi connectivity index (χ4n) is 1.66. The SMILES string of the molecule is CCCC(O)CNC(=O)c1cc(Cl)cn1CC. The molecule has 0 saturated carbocycles. The van der Waals surface area contributed by atoms with Gasteiger partial charge in [-0.1, -0.05) is 24.9 Å². The lowest BCUT2D eigenvalue weighted by Gasteiger charge is -2.11. The minimum Gasteiger partial charge on any atom is -0.391 e. The van der Waals surface area contributed by atoms with Gasteiger partial charge < -0.3 is 15.0 Å². The quantitative estimate of drug-likeness (QED) is 0.821. The molecule has 96 valence electrons. The van der Waals surface area contributed by atoms with Gasteiger partial charge in [0.15, 0.2) is 0 Å². The van der Waals surface area contributed by atoms with E-state index >= 15 is 0 Å². The lowest BCUT2D eigenvalue weighted by atomic mass is 10.2. The van der Waals surface area contributed by atoms with E-state index in [1.807, 2.05) is 13.8 Å². The van der Waals surface area contributed by atoms with Gasteiger partial charge in [-0.05, 0) is 19.4 Å². The van der Waals surface area contributed by atoms with E-state index in [2.05, 4.69) is 5.32 Å². The van der Waals surface area contributed by atoms with Crippen molar-refractivity contribution >= 4 is 17.5 Å². The van der Waals surface area contributed by atoms with Crippen molar-refractivity contribution in [3.63, 3.8) is 0 Å². The number of amides is 1. The number of carbonyl (C=O) groups is 1. The average molecular weight is 259 g/mol. The molecule has 2 N–H and O–H groups in total. The summed E-state index contributed by atoms with van der Waals surface area (Å²) >= 11 is 5.85. The van der Waals surface area contributed by atoms with Crippen molar-refractivity contribution in [2.24, 2.45) is 0 Å². The lowest BCUT2D eigenvalue weighted by molar-refractivity contribution is 0.0901. The second-order valence-corrected chi connectivity index (χ2v) is 4.42. The van der Waals surface area contributed by atoms with Crippen LogP contribution in [0.5, 0.6) is 0 Å². The zero-order valence-corrected chi connectivity index (χ0v) is 11.0. The zero-order valence-electron chi connectivity index (χ0n) is 10.2. The van der Waals surface area contributed by atoms with Gasteiger partial charge in [0.2, 0.25) is 0 Å². The summed E-state index contributed by atoms with van der Waals surface area (Å²) in [7, 11) is 0. The van der Waals surface area contributed by atoms with Crippen LogP contribution in [0, 0.1) is 0 Å². The van der Waals surface area contributed by atoms with Crippen LogP contribution >= 0.6 is 11.6 Å². The number of aliphatic hydroxyl groups is 1. The highest BCUT2D eigenvalue weighted by molar-refractivity contribution is 6.31. The molecular formula is C12H19ClN2O2. The van der Waals surface area contributed by atoms with Crippen LogP contribution in [0.2, 0.25) is 5.02 Å². The number of rotatable bonds is 6. The number of hydrogen-bond donors (Lipinski definition) is 2. The molecule has 0 bridgehead atoms. The molecule has 1 heterocycles. The Bertz CT molecular complexity index is 377. The van der Waals surface area contributed by atoms with Gasteiger partial charge in [0.1, 0.15) is 5.69 Å². The molecular weight excluding hydrogens is 240 g/mol. The van der Waals surface area contributed by atoms with Gasteiger partial charge in [0, 0.05) is 19.3 Å². The molecule has 1 unspecified atom stereocenters. The number of hydrogen-bond acceptors (Lipinski definition) is 2. The van der Waals surface area contributed by atoms with Gasteiger partial charge in [0.05, 0.1) is 11.1 Å². The van der Waals surface area contributed by atoms with Gasteiger partial charge >= 0.3 is 0 Å². The Morgan fingerprint density at radius 2 is 2.29 bits per heavy atom. The fraction of sp³-hybridized carbons (Fsp3) is 0.583. The highest BCUT2D eigenvalue weighted by atomic mass is 35.5. The highest BCUT2D eigenvalue weighted by Crippen LogP contribution is 2.14. The molecule has 1 rings (SSSR count). The molecule has 5 heteroatoms. The van der Waals surface area contributed by atoms with Crippen molar-refractivity contribution in [3.8, 4) is 0 Å². The van der Waals surface area contributed by atoms with Gasteiger partial charge in [-0.2, -0.15) is 0 Å². The van der Waals surface area contributed by atoms with Crippen LogP contribution in [-0.4, -0.2) is 28.2 Å². The van der Waals surface area contributed by atoms with Crippen molar-refractivity contribution in [1.29, 1.82) is 0 Å². The monoisotopic (exact) mass is 258 g/mol. The van der Waals surface area contributed by atoms with Crippen LogP contribution in [0.4, 0.5) is 0 Å². The standard InChI is InChI=1S/C12H19ClN2O2/c1-3-5-10(16)7-14-12(17)11-6-9(13)8-15(11)4-2/h6,8,10,16H,3-5,7H2,1-2H3,(H,14,17). The van der Waals surface area contributed by atoms with Crippen molar-refractivity contribution < 1.29 is 9.90 Å². The maximum absolute atomic E-state index is 11.8. The first kappa shape index (κ1) is 14.1. The van der Waals surface area contributed by atoms with Crippen LogP contribution in [0.1, 0.15) is 37.2 Å². The van der Waals surface area contributed by atoms with E-state index in [9.17, 15) is 9.90 Å². The molecule has 0 aliphatic carbocycles. The van der Waals surface area contributed by atoms with Crippen LogP contribution in [0.25, 0.3) is 0 Å². The molecule has 0 aliphatic heterocycles. The number of nitrogens with one attached hydrogen (secondary N) is 1. The predicted octanol–water partition coefficient (Wildman–Crippen LogP) is 2.05. The first-order valence-corrected chi connectivity index (χ1v) is 6.28. The fourth-order valence-corrected chi connectivity index (χ4v) is 1.88. The Hall–Kier alpha value is -1.00. The maximum atomic E-state index is 11.8. The van der Waals surface area contributed by atoms with E-state index in [1.54, 1.807) is 16.8 Å². The van der Waals surface area contributed by atoms with E-state index in [1.165, 1.54) is 0 Å². The van der Waals surface area contributed by atoms with Crippen molar-refractivity contribution in [2.45, 2.75) is 39.3 Å². The number of halogens is 1. The molecule has 0 radical (unpaired) electrons. The van der Waals surface area contributed by atoms with E-state index in [0.29, 0.717) is 23.7 Å². The molecule has 1 aromatic rings. The summed E-state index contributed by atoms with van der Waals surface area (Å²) in [6.07, 6.45) is 2.83. The maximum Gasteiger partial charge on any atom is 0.268 e. The molecule has 0 aliphatic rings. The third-order valence-corrected chi connectivity index (χ3v) is 2.76. The van der Waals surface area contributed by atoms with E-state index in [4.69, 9.17) is 11.6 Å². The van der Waals surface area contributed by atoms with Crippen molar-refractivity contribution in [1.82, 2.24) is 9.88 Å². The minimum atomic E-state index is -0.482. The minimum absolute atomic E-state index is 0.200. The van der Waals surface area contributed by atoms with Gasteiger partial charge in [-0.3, -0.25) is 4.79 Å². The number of aliphatic hydroxyl groups excluding tert-OH is 1. The van der Waals surface area contributed by atoms with Crippen LogP contribution in [-0.2, 0) is 6.54 Å². The Labute approximate surface area is 107 Å². The third-order valence-electron chi connectivity index (χ3n) is 2.56. The van der Waals surface area contributed by atoms with Crippen LogP contribution in [0.3, 0.4) is 0 Å². The largest absolute Gasteiger partial charge is 0.391 e. The lowest BCUT2D eigenvalue weighted by Crippen LogP contribution is -2.33. The van der Waals surface area contributed by atoms with E-state index in [-0.39, 0.29) is 12.5 Å². The summed E-state index contributed by atoms with van der Waals surface area (Å²) in [5.74, 6) is -0.200. The van der Waals surface area contributed by atoms with Gasteiger partial charge in [-0.25, -0.2) is 0 Å². The predicted molar refractivity (Wildman–Crippen MR) is 68.4 cm³/mol. The molecule has 17 heavy (non-hydrogen) atoms. The smallest absolute Gasteiger partial charge is 0.268 e. The molecule has 0 aromatic carbocycles. The normalized spacial score (nSPS) is 12.5. The summed E-state index contributed by atoms with van der Waals surface area (Å²) in [5, 5.41) is 12.8. The second kappa shape index (κ2) is 6.67. The number of aromatic nitrogens is 1. The van der Waals surface area contributed by atoms with Gasteiger partial charge in [-0.15, -0.1) is 0 Å². The van der Waals surface area contributed by atoms with Crippen LogP contribution in [0.15, 0.2) is 12.3 Å². The van der Waals surface area contributed by atoms with Crippen LogP contribution < -0.4 is 5.32 Å². The van der Waals surface area contributed by atoms with Crippen molar-refractivity contribution in [3.05, 3.63) is 23.0 Å². The zero-order chi connectivity index (χ0) is 12.8. The number of nitrogens with zero attached hydrogens (tertiary/aromatic N) is 1. The first-order chi connectivity index (χ1) is 8.08. The Morgan fingerprint density at radius 3 is 2.88 bits per heavy atom. The summed E-state index contributed by atoms with van der Waals surface area (Å²) in [6, 6.07) is 1.63. The van der Waals surface area contributed by atoms with Crippen molar-refractivity contribution in [2.75, 3.05) is 6.54 Å². The molecule has 0 spiro atoms. The Kier molecular flexibility index (Phi) is 5.51. The molecule has 0 saturated heterocycles. The Balaban J connectivity index is 2.57. The molecule has 0 fully saturated rings. The van der Waals surface area contributed by atoms with E-state index < -0.39 is 6.10 Å². The summed E-state index contributed by atoms with van der Waals surface area (Å²) in [6.45, 7) is 4.90.